The summed E-state index contributed by atoms with van der Waals surface area (Å²) in [6.45, 7) is 3.76. The van der Waals surface area contributed by atoms with Gasteiger partial charge in [-0.3, -0.25) is 0 Å². The first-order chi connectivity index (χ1) is 13.3. The maximum Gasteiger partial charge on any atom is 0.409 e. The SMILES string of the molecule is CCOC(=O)N1CCC[C@@H]1CCOc1ccccc1CCC1CCCCC1. The maximum absolute atomic E-state index is 12.0. The molecule has 150 valence electrons. The third kappa shape index (κ3) is 5.88. The van der Waals surface area contributed by atoms with Gasteiger partial charge in [-0.05, 0) is 50.2 Å². The first-order valence-electron chi connectivity index (χ1n) is 10.9. The summed E-state index contributed by atoms with van der Waals surface area (Å²) in [5.41, 5.74) is 1.33. The maximum atomic E-state index is 12.0. The van der Waals surface area contributed by atoms with Gasteiger partial charge in [-0.15, -0.1) is 0 Å². The summed E-state index contributed by atoms with van der Waals surface area (Å²) < 4.78 is 11.3. The second-order valence-electron chi connectivity index (χ2n) is 7.98. The Bertz CT molecular complexity index is 583. The minimum absolute atomic E-state index is 0.173. The van der Waals surface area contributed by atoms with Crippen LogP contribution in [0.2, 0.25) is 0 Å². The van der Waals surface area contributed by atoms with E-state index >= 15 is 0 Å². The number of hydrogen-bond donors (Lipinski definition) is 0. The predicted molar refractivity (Wildman–Crippen MR) is 108 cm³/mol. The average Bonchev–Trinajstić information content (AvgIpc) is 3.17. The van der Waals surface area contributed by atoms with Gasteiger partial charge in [0.15, 0.2) is 0 Å². The summed E-state index contributed by atoms with van der Waals surface area (Å²) in [7, 11) is 0. The third-order valence-electron chi connectivity index (χ3n) is 6.11. The van der Waals surface area contributed by atoms with Gasteiger partial charge in [-0.25, -0.2) is 4.79 Å². The molecular formula is C23H35NO3. The number of amides is 1. The Hall–Kier alpha value is -1.71. The molecule has 3 rings (SSSR count). The second kappa shape index (κ2) is 10.6. The van der Waals surface area contributed by atoms with E-state index in [1.807, 2.05) is 11.8 Å². The number of nitrogens with zero attached hydrogens (tertiary/aromatic N) is 1. The normalized spacial score (nSPS) is 20.6. The Kier molecular flexibility index (Phi) is 7.85. The molecule has 2 fully saturated rings. The molecule has 1 aliphatic carbocycles. The highest BCUT2D eigenvalue weighted by molar-refractivity contribution is 5.68. The molecule has 1 amide bonds. The van der Waals surface area contributed by atoms with E-state index in [9.17, 15) is 4.79 Å². The molecule has 1 aromatic carbocycles. The van der Waals surface area contributed by atoms with Gasteiger partial charge in [-0.2, -0.15) is 0 Å². The Morgan fingerprint density at radius 3 is 2.70 bits per heavy atom. The van der Waals surface area contributed by atoms with Gasteiger partial charge in [-0.1, -0.05) is 50.3 Å². The highest BCUT2D eigenvalue weighted by atomic mass is 16.6. The van der Waals surface area contributed by atoms with E-state index in [0.717, 1.165) is 43.9 Å². The van der Waals surface area contributed by atoms with Crippen molar-refractivity contribution in [2.45, 2.75) is 77.2 Å². The van der Waals surface area contributed by atoms with E-state index in [0.29, 0.717) is 13.2 Å². The minimum atomic E-state index is -0.173. The largest absolute Gasteiger partial charge is 0.493 e. The van der Waals surface area contributed by atoms with E-state index in [1.165, 1.54) is 44.1 Å². The molecule has 1 aromatic rings. The number of likely N-dealkylation sites (tertiary alicyclic amines) is 1. The number of aryl methyl sites for hydroxylation is 1. The molecule has 4 nitrogen and oxygen atoms in total. The molecule has 0 aromatic heterocycles. The third-order valence-corrected chi connectivity index (χ3v) is 6.11. The minimum Gasteiger partial charge on any atom is -0.493 e. The molecule has 1 saturated carbocycles. The second-order valence-corrected chi connectivity index (χ2v) is 7.98. The molecule has 1 atom stereocenters. The number of ether oxygens (including phenoxy) is 2. The Morgan fingerprint density at radius 2 is 1.89 bits per heavy atom. The van der Waals surface area contributed by atoms with Crippen LogP contribution in [0.15, 0.2) is 24.3 Å². The molecule has 2 aliphatic rings. The van der Waals surface area contributed by atoms with E-state index in [4.69, 9.17) is 9.47 Å². The Morgan fingerprint density at radius 1 is 1.07 bits per heavy atom. The Balaban J connectivity index is 1.47. The molecule has 0 bridgehead atoms. The summed E-state index contributed by atoms with van der Waals surface area (Å²) >= 11 is 0. The summed E-state index contributed by atoms with van der Waals surface area (Å²) in [4.78, 5) is 13.9. The van der Waals surface area contributed by atoms with Crippen LogP contribution in [0.4, 0.5) is 4.79 Å². The van der Waals surface area contributed by atoms with Gasteiger partial charge in [0.2, 0.25) is 0 Å². The van der Waals surface area contributed by atoms with Crippen LogP contribution in [-0.2, 0) is 11.2 Å². The van der Waals surface area contributed by atoms with Crippen molar-refractivity contribution >= 4 is 6.09 Å². The number of benzene rings is 1. The number of hydrogen-bond acceptors (Lipinski definition) is 3. The number of carbonyl (C=O) groups excluding carboxylic acids is 1. The summed E-state index contributed by atoms with van der Waals surface area (Å²) in [6.07, 6.45) is 12.2. The lowest BCUT2D eigenvalue weighted by atomic mass is 9.85. The summed E-state index contributed by atoms with van der Waals surface area (Å²) in [5.74, 6) is 1.91. The van der Waals surface area contributed by atoms with Crippen LogP contribution in [0, 0.1) is 5.92 Å². The lowest BCUT2D eigenvalue weighted by Gasteiger charge is -2.24. The van der Waals surface area contributed by atoms with Crippen molar-refractivity contribution in [1.29, 1.82) is 0 Å². The molecule has 0 radical (unpaired) electrons. The van der Waals surface area contributed by atoms with Crippen LogP contribution in [0.3, 0.4) is 0 Å². The zero-order chi connectivity index (χ0) is 18.9. The van der Waals surface area contributed by atoms with Crippen LogP contribution in [0.5, 0.6) is 5.75 Å². The molecule has 0 N–H and O–H groups in total. The van der Waals surface area contributed by atoms with E-state index in [2.05, 4.69) is 24.3 Å². The van der Waals surface area contributed by atoms with E-state index in [-0.39, 0.29) is 12.1 Å². The topological polar surface area (TPSA) is 38.8 Å². The fourth-order valence-electron chi connectivity index (χ4n) is 4.57. The molecule has 27 heavy (non-hydrogen) atoms. The molecule has 1 saturated heterocycles. The average molecular weight is 374 g/mol. The number of rotatable bonds is 8. The predicted octanol–water partition coefficient (Wildman–Crippen LogP) is 5.59. The van der Waals surface area contributed by atoms with Gasteiger partial charge in [0.25, 0.3) is 0 Å². The zero-order valence-corrected chi connectivity index (χ0v) is 16.8. The van der Waals surface area contributed by atoms with Gasteiger partial charge in [0.05, 0.1) is 13.2 Å². The van der Waals surface area contributed by atoms with Crippen LogP contribution < -0.4 is 4.74 Å². The first-order valence-corrected chi connectivity index (χ1v) is 10.9. The standard InChI is InChI=1S/C23H35NO3/c1-2-26-23(25)24-17-8-12-21(24)16-18-27-22-13-7-6-11-20(22)15-14-19-9-4-3-5-10-19/h6-7,11,13,19,21H,2-5,8-10,12,14-18H2,1H3/t21-/m1/s1. The van der Waals surface area contributed by atoms with Gasteiger partial charge in [0, 0.05) is 19.0 Å². The molecular weight excluding hydrogens is 338 g/mol. The van der Waals surface area contributed by atoms with Crippen molar-refractivity contribution in [3.8, 4) is 5.75 Å². The van der Waals surface area contributed by atoms with Crippen molar-refractivity contribution in [3.63, 3.8) is 0 Å². The van der Waals surface area contributed by atoms with Crippen LogP contribution in [-0.4, -0.2) is 36.8 Å². The molecule has 0 unspecified atom stereocenters. The lowest BCUT2D eigenvalue weighted by Crippen LogP contribution is -2.36. The zero-order valence-electron chi connectivity index (χ0n) is 16.8. The monoisotopic (exact) mass is 373 g/mol. The summed E-state index contributed by atoms with van der Waals surface area (Å²) in [5, 5.41) is 0. The Labute approximate surface area is 164 Å². The van der Waals surface area contributed by atoms with Crippen molar-refractivity contribution in [2.24, 2.45) is 5.92 Å². The quantitative estimate of drug-likeness (QED) is 0.596. The van der Waals surface area contributed by atoms with Gasteiger partial charge in [0.1, 0.15) is 5.75 Å². The van der Waals surface area contributed by atoms with E-state index < -0.39 is 0 Å². The van der Waals surface area contributed by atoms with Crippen molar-refractivity contribution in [1.82, 2.24) is 4.90 Å². The summed E-state index contributed by atoms with van der Waals surface area (Å²) in [6, 6.07) is 8.72. The molecule has 0 spiro atoms. The van der Waals surface area contributed by atoms with Crippen LogP contribution >= 0.6 is 0 Å². The number of para-hydroxylation sites is 1. The highest BCUT2D eigenvalue weighted by Crippen LogP contribution is 2.29. The van der Waals surface area contributed by atoms with Crippen molar-refractivity contribution in [3.05, 3.63) is 29.8 Å². The molecule has 1 heterocycles. The van der Waals surface area contributed by atoms with Gasteiger partial charge >= 0.3 is 6.09 Å². The van der Waals surface area contributed by atoms with Crippen molar-refractivity contribution in [2.75, 3.05) is 19.8 Å². The molecule has 4 heteroatoms. The highest BCUT2D eigenvalue weighted by Gasteiger charge is 2.29. The van der Waals surface area contributed by atoms with Crippen LogP contribution in [0.1, 0.15) is 70.3 Å². The smallest absolute Gasteiger partial charge is 0.409 e. The van der Waals surface area contributed by atoms with Crippen LogP contribution in [0.25, 0.3) is 0 Å². The number of carbonyl (C=O) groups is 1. The first kappa shape index (κ1) is 20.0. The van der Waals surface area contributed by atoms with E-state index in [1.54, 1.807) is 0 Å². The van der Waals surface area contributed by atoms with Crippen molar-refractivity contribution < 1.29 is 14.3 Å². The van der Waals surface area contributed by atoms with Gasteiger partial charge < -0.3 is 14.4 Å². The fraction of sp³-hybridized carbons (Fsp3) is 0.696. The molecule has 1 aliphatic heterocycles. The lowest BCUT2D eigenvalue weighted by molar-refractivity contribution is 0.0983. The fourth-order valence-corrected chi connectivity index (χ4v) is 4.57.